The quantitative estimate of drug-likeness (QED) is 0.573. The van der Waals surface area contributed by atoms with Gasteiger partial charge >= 0.3 is 6.18 Å². The van der Waals surface area contributed by atoms with Crippen molar-refractivity contribution in [3.8, 4) is 0 Å². The number of nitrogens with zero attached hydrogens (tertiary/aromatic N) is 1. The van der Waals surface area contributed by atoms with Crippen molar-refractivity contribution in [1.82, 2.24) is 0 Å². The Balaban J connectivity index is 1.92. The van der Waals surface area contributed by atoms with E-state index in [-0.39, 0.29) is 6.61 Å². The van der Waals surface area contributed by atoms with Gasteiger partial charge in [-0.2, -0.15) is 13.2 Å². The van der Waals surface area contributed by atoms with Gasteiger partial charge in [-0.15, -0.1) is 0 Å². The molecule has 2 nitrogen and oxygen atoms in total. The topological polar surface area (TPSA) is 21.6 Å². The summed E-state index contributed by atoms with van der Waals surface area (Å²) in [7, 11) is 0. The summed E-state index contributed by atoms with van der Waals surface area (Å²) < 4.78 is 37.3. The molecular weight excluding hydrogens is 291 g/mol. The Morgan fingerprint density at radius 2 is 1.73 bits per heavy atom. The molecule has 0 fully saturated rings. The normalized spacial score (nSPS) is 11.8. The van der Waals surface area contributed by atoms with Gasteiger partial charge in [0.1, 0.15) is 6.61 Å². The van der Waals surface area contributed by atoms with Gasteiger partial charge in [-0.3, -0.25) is 0 Å². The molecule has 116 valence electrons. The standard InChI is InChI=1S/C17H16F3NO/c1-2-14-5-3-4-6-15(14)11-21-22-12-13-7-9-16(10-8-13)17(18,19)20/h3-11H,2,12H2,1H3. The molecule has 0 atom stereocenters. The second kappa shape index (κ2) is 7.11. The Hall–Kier alpha value is -2.30. The molecule has 5 heteroatoms. The van der Waals surface area contributed by atoms with E-state index in [1.807, 2.05) is 24.3 Å². The molecule has 0 aliphatic carbocycles. The van der Waals surface area contributed by atoms with Crippen LogP contribution < -0.4 is 0 Å². The predicted octanol–water partition coefficient (Wildman–Crippen LogP) is 4.82. The van der Waals surface area contributed by atoms with Crippen molar-refractivity contribution in [2.75, 3.05) is 0 Å². The van der Waals surface area contributed by atoms with Crippen molar-refractivity contribution in [3.05, 3.63) is 70.8 Å². The van der Waals surface area contributed by atoms with Gasteiger partial charge < -0.3 is 4.84 Å². The molecule has 0 N–H and O–H groups in total. The molecule has 0 aliphatic rings. The minimum absolute atomic E-state index is 0.128. The van der Waals surface area contributed by atoms with Crippen molar-refractivity contribution in [1.29, 1.82) is 0 Å². The van der Waals surface area contributed by atoms with Crippen LogP contribution in [0.25, 0.3) is 0 Å². The van der Waals surface area contributed by atoms with Crippen molar-refractivity contribution < 1.29 is 18.0 Å². The van der Waals surface area contributed by atoms with Crippen molar-refractivity contribution in [2.45, 2.75) is 26.1 Å². The minimum Gasteiger partial charge on any atom is -0.391 e. The Morgan fingerprint density at radius 1 is 1.05 bits per heavy atom. The molecule has 2 aromatic carbocycles. The fourth-order valence-electron chi connectivity index (χ4n) is 1.98. The molecule has 0 amide bonds. The molecule has 0 unspecified atom stereocenters. The van der Waals surface area contributed by atoms with Gasteiger partial charge in [0.25, 0.3) is 0 Å². The summed E-state index contributed by atoms with van der Waals surface area (Å²) in [5.41, 5.74) is 2.09. The highest BCUT2D eigenvalue weighted by Gasteiger charge is 2.29. The van der Waals surface area contributed by atoms with E-state index in [2.05, 4.69) is 12.1 Å². The van der Waals surface area contributed by atoms with Crippen molar-refractivity contribution in [3.63, 3.8) is 0 Å². The first-order chi connectivity index (χ1) is 10.5. The van der Waals surface area contributed by atoms with Crippen LogP contribution in [0.15, 0.2) is 53.7 Å². The van der Waals surface area contributed by atoms with E-state index in [4.69, 9.17) is 4.84 Å². The second-order valence-corrected chi connectivity index (χ2v) is 4.75. The lowest BCUT2D eigenvalue weighted by atomic mass is 10.1. The lowest BCUT2D eigenvalue weighted by Gasteiger charge is -2.07. The summed E-state index contributed by atoms with van der Waals surface area (Å²) in [6.45, 7) is 2.18. The van der Waals surface area contributed by atoms with Gasteiger partial charge in [0, 0.05) is 0 Å². The van der Waals surface area contributed by atoms with E-state index in [1.54, 1.807) is 6.21 Å². The van der Waals surface area contributed by atoms with Crippen LogP contribution in [-0.4, -0.2) is 6.21 Å². The van der Waals surface area contributed by atoms with E-state index in [1.165, 1.54) is 12.1 Å². The Labute approximate surface area is 127 Å². The third-order valence-electron chi connectivity index (χ3n) is 3.21. The fourth-order valence-corrected chi connectivity index (χ4v) is 1.98. The largest absolute Gasteiger partial charge is 0.416 e. The molecular formula is C17H16F3NO. The Morgan fingerprint density at radius 3 is 2.36 bits per heavy atom. The molecule has 0 saturated carbocycles. The van der Waals surface area contributed by atoms with Crippen LogP contribution in [0.4, 0.5) is 13.2 Å². The average Bonchev–Trinajstić information content (AvgIpc) is 2.51. The smallest absolute Gasteiger partial charge is 0.391 e. The number of alkyl halides is 3. The fraction of sp³-hybridized carbons (Fsp3) is 0.235. The Kier molecular flexibility index (Phi) is 5.20. The maximum atomic E-state index is 12.4. The van der Waals surface area contributed by atoms with Gasteiger partial charge in [-0.1, -0.05) is 48.5 Å². The highest BCUT2D eigenvalue weighted by atomic mass is 19.4. The number of hydrogen-bond donors (Lipinski definition) is 0. The summed E-state index contributed by atoms with van der Waals surface area (Å²) in [5.74, 6) is 0. The highest BCUT2D eigenvalue weighted by molar-refractivity contribution is 5.81. The lowest BCUT2D eigenvalue weighted by Crippen LogP contribution is -2.04. The van der Waals surface area contributed by atoms with E-state index in [0.717, 1.165) is 29.7 Å². The first kappa shape index (κ1) is 16.1. The maximum Gasteiger partial charge on any atom is 0.416 e. The first-order valence-corrected chi connectivity index (χ1v) is 6.90. The van der Waals surface area contributed by atoms with Gasteiger partial charge in [0.2, 0.25) is 0 Å². The lowest BCUT2D eigenvalue weighted by molar-refractivity contribution is -0.137. The van der Waals surface area contributed by atoms with Crippen LogP contribution in [0.5, 0.6) is 0 Å². The molecule has 0 aliphatic heterocycles. The van der Waals surface area contributed by atoms with E-state index in [0.29, 0.717) is 5.56 Å². The molecule has 0 bridgehead atoms. The maximum absolute atomic E-state index is 12.4. The van der Waals surface area contributed by atoms with Crippen LogP contribution >= 0.6 is 0 Å². The SMILES string of the molecule is CCc1ccccc1C=NOCc1ccc(C(F)(F)F)cc1. The summed E-state index contributed by atoms with van der Waals surface area (Å²) in [6, 6.07) is 12.7. The van der Waals surface area contributed by atoms with Crippen LogP contribution in [-0.2, 0) is 24.0 Å². The van der Waals surface area contributed by atoms with Crippen molar-refractivity contribution >= 4 is 6.21 Å². The monoisotopic (exact) mass is 307 g/mol. The molecule has 0 radical (unpaired) electrons. The van der Waals surface area contributed by atoms with Gasteiger partial charge in [-0.05, 0) is 35.2 Å². The van der Waals surface area contributed by atoms with Gasteiger partial charge in [0.05, 0.1) is 11.8 Å². The van der Waals surface area contributed by atoms with E-state index >= 15 is 0 Å². The van der Waals surface area contributed by atoms with Gasteiger partial charge in [0.15, 0.2) is 0 Å². The molecule has 22 heavy (non-hydrogen) atoms. The van der Waals surface area contributed by atoms with Crippen LogP contribution in [0.2, 0.25) is 0 Å². The number of aryl methyl sites for hydroxylation is 1. The zero-order valence-corrected chi connectivity index (χ0v) is 12.1. The third kappa shape index (κ3) is 4.35. The molecule has 2 aromatic rings. The first-order valence-electron chi connectivity index (χ1n) is 6.90. The summed E-state index contributed by atoms with van der Waals surface area (Å²) in [5, 5.41) is 3.87. The van der Waals surface area contributed by atoms with E-state index in [9.17, 15) is 13.2 Å². The number of halogens is 3. The van der Waals surface area contributed by atoms with Crippen LogP contribution in [0.1, 0.15) is 29.2 Å². The third-order valence-corrected chi connectivity index (χ3v) is 3.21. The van der Waals surface area contributed by atoms with Crippen LogP contribution in [0.3, 0.4) is 0 Å². The number of hydrogen-bond acceptors (Lipinski definition) is 2. The molecule has 0 heterocycles. The van der Waals surface area contributed by atoms with Crippen molar-refractivity contribution in [2.24, 2.45) is 5.16 Å². The second-order valence-electron chi connectivity index (χ2n) is 4.75. The Bertz CT molecular complexity index is 633. The molecule has 2 rings (SSSR count). The average molecular weight is 307 g/mol. The van der Waals surface area contributed by atoms with Gasteiger partial charge in [-0.25, -0.2) is 0 Å². The number of rotatable bonds is 5. The summed E-state index contributed by atoms with van der Waals surface area (Å²) >= 11 is 0. The number of benzene rings is 2. The highest BCUT2D eigenvalue weighted by Crippen LogP contribution is 2.29. The predicted molar refractivity (Wildman–Crippen MR) is 79.6 cm³/mol. The molecule has 0 saturated heterocycles. The zero-order valence-electron chi connectivity index (χ0n) is 12.1. The van der Waals surface area contributed by atoms with Crippen LogP contribution in [0, 0.1) is 0 Å². The van der Waals surface area contributed by atoms with E-state index < -0.39 is 11.7 Å². The molecule has 0 spiro atoms. The summed E-state index contributed by atoms with van der Waals surface area (Å²) in [6.07, 6.45) is -1.81. The number of oxime groups is 1. The minimum atomic E-state index is -4.32. The molecule has 0 aromatic heterocycles. The zero-order chi connectivity index (χ0) is 16.0. The summed E-state index contributed by atoms with van der Waals surface area (Å²) in [4.78, 5) is 5.14.